The van der Waals surface area contributed by atoms with E-state index >= 15 is 0 Å². The maximum atomic E-state index is 4.33. The van der Waals surface area contributed by atoms with E-state index in [4.69, 9.17) is 0 Å². The summed E-state index contributed by atoms with van der Waals surface area (Å²) in [6.07, 6.45) is 3.55. The quantitative estimate of drug-likeness (QED) is 0.929. The Kier molecular flexibility index (Phi) is 3.83. The van der Waals surface area contributed by atoms with Gasteiger partial charge in [0.1, 0.15) is 11.6 Å². The fourth-order valence-corrected chi connectivity index (χ4v) is 2.72. The average molecular weight is 270 g/mol. The first-order valence-electron chi connectivity index (χ1n) is 7.45. The predicted molar refractivity (Wildman–Crippen MR) is 79.4 cm³/mol. The van der Waals surface area contributed by atoms with Crippen molar-refractivity contribution in [1.29, 1.82) is 0 Å². The number of fused-ring (bicyclic) bond motifs is 1. The predicted octanol–water partition coefficient (Wildman–Crippen LogP) is 2.77. The van der Waals surface area contributed by atoms with Crippen molar-refractivity contribution in [3.05, 3.63) is 47.0 Å². The standard InChI is InChI=1S/C16H22N4/c1-12-6-8-14(9-7-12)13(2)17-11-16-19-18-15-5-3-4-10-20(15)16/h6-9,13,17H,3-5,10-11H2,1-2H3/t13-/m0/s1. The van der Waals surface area contributed by atoms with Gasteiger partial charge in [0.25, 0.3) is 0 Å². The average Bonchev–Trinajstić information content (AvgIpc) is 2.89. The topological polar surface area (TPSA) is 42.7 Å². The molecule has 20 heavy (non-hydrogen) atoms. The summed E-state index contributed by atoms with van der Waals surface area (Å²) in [6.45, 7) is 6.16. The van der Waals surface area contributed by atoms with Crippen molar-refractivity contribution in [2.45, 2.75) is 52.2 Å². The van der Waals surface area contributed by atoms with E-state index in [-0.39, 0.29) is 0 Å². The highest BCUT2D eigenvalue weighted by Gasteiger charge is 2.16. The normalized spacial score (nSPS) is 15.9. The van der Waals surface area contributed by atoms with Crippen LogP contribution in [0.25, 0.3) is 0 Å². The van der Waals surface area contributed by atoms with Crippen LogP contribution in [0.1, 0.15) is 48.6 Å². The number of rotatable bonds is 4. The van der Waals surface area contributed by atoms with Crippen molar-refractivity contribution in [2.24, 2.45) is 0 Å². The van der Waals surface area contributed by atoms with Crippen LogP contribution in [0.15, 0.2) is 24.3 Å². The maximum Gasteiger partial charge on any atom is 0.147 e. The summed E-state index contributed by atoms with van der Waals surface area (Å²) in [5.41, 5.74) is 2.61. The number of aromatic nitrogens is 3. The van der Waals surface area contributed by atoms with Crippen LogP contribution in [0.4, 0.5) is 0 Å². The summed E-state index contributed by atoms with van der Waals surface area (Å²) in [4.78, 5) is 0. The Bertz CT molecular complexity index is 571. The Morgan fingerprint density at radius 2 is 2.00 bits per heavy atom. The first-order valence-corrected chi connectivity index (χ1v) is 7.45. The van der Waals surface area contributed by atoms with Crippen molar-refractivity contribution in [3.8, 4) is 0 Å². The Hall–Kier alpha value is -1.68. The van der Waals surface area contributed by atoms with E-state index in [1.54, 1.807) is 0 Å². The van der Waals surface area contributed by atoms with Gasteiger partial charge in [0.2, 0.25) is 0 Å². The molecule has 0 radical (unpaired) electrons. The molecule has 2 heterocycles. The minimum atomic E-state index is 0.326. The molecule has 1 atom stereocenters. The van der Waals surface area contributed by atoms with Crippen LogP contribution < -0.4 is 5.32 Å². The lowest BCUT2D eigenvalue weighted by Gasteiger charge is -2.17. The Labute approximate surface area is 120 Å². The largest absolute Gasteiger partial charge is 0.314 e. The van der Waals surface area contributed by atoms with Gasteiger partial charge in [0.15, 0.2) is 0 Å². The molecule has 0 bridgehead atoms. The molecular formula is C16H22N4. The molecule has 1 aliphatic rings. The van der Waals surface area contributed by atoms with Crippen LogP contribution >= 0.6 is 0 Å². The van der Waals surface area contributed by atoms with Crippen LogP contribution in [-0.4, -0.2) is 14.8 Å². The summed E-state index contributed by atoms with van der Waals surface area (Å²) >= 11 is 0. The summed E-state index contributed by atoms with van der Waals surface area (Å²) in [5, 5.41) is 12.2. The van der Waals surface area contributed by atoms with Gasteiger partial charge in [-0.2, -0.15) is 0 Å². The van der Waals surface area contributed by atoms with E-state index in [1.165, 1.54) is 24.0 Å². The molecule has 0 spiro atoms. The molecular weight excluding hydrogens is 248 g/mol. The molecule has 0 amide bonds. The fraction of sp³-hybridized carbons (Fsp3) is 0.500. The molecule has 1 N–H and O–H groups in total. The van der Waals surface area contributed by atoms with E-state index < -0.39 is 0 Å². The molecule has 1 aromatic carbocycles. The van der Waals surface area contributed by atoms with Crippen molar-refractivity contribution < 1.29 is 0 Å². The summed E-state index contributed by atoms with van der Waals surface area (Å²) in [6, 6.07) is 9.02. The van der Waals surface area contributed by atoms with Crippen molar-refractivity contribution in [2.75, 3.05) is 0 Å². The van der Waals surface area contributed by atoms with Gasteiger partial charge in [0.05, 0.1) is 6.54 Å². The maximum absolute atomic E-state index is 4.33. The number of aryl methyl sites for hydroxylation is 2. The second kappa shape index (κ2) is 5.75. The molecule has 4 nitrogen and oxygen atoms in total. The van der Waals surface area contributed by atoms with E-state index in [2.05, 4.69) is 58.2 Å². The monoisotopic (exact) mass is 270 g/mol. The highest BCUT2D eigenvalue weighted by Crippen LogP contribution is 2.16. The van der Waals surface area contributed by atoms with Gasteiger partial charge in [0, 0.05) is 19.0 Å². The van der Waals surface area contributed by atoms with Crippen LogP contribution in [0.5, 0.6) is 0 Å². The molecule has 0 saturated heterocycles. The molecule has 1 aromatic heterocycles. The number of nitrogens with one attached hydrogen (secondary N) is 1. The third-order valence-electron chi connectivity index (χ3n) is 4.08. The van der Waals surface area contributed by atoms with Gasteiger partial charge in [-0.05, 0) is 32.3 Å². The molecule has 0 aliphatic carbocycles. The number of hydrogen-bond donors (Lipinski definition) is 1. The van der Waals surface area contributed by atoms with Gasteiger partial charge in [-0.25, -0.2) is 0 Å². The zero-order chi connectivity index (χ0) is 13.9. The molecule has 0 fully saturated rings. The minimum Gasteiger partial charge on any atom is -0.314 e. The number of benzene rings is 1. The SMILES string of the molecule is Cc1ccc([C@H](C)NCc2nnc3n2CCCC3)cc1. The van der Waals surface area contributed by atoms with Crippen LogP contribution in [0, 0.1) is 6.92 Å². The summed E-state index contributed by atoms with van der Waals surface area (Å²) in [7, 11) is 0. The highest BCUT2D eigenvalue weighted by molar-refractivity contribution is 5.23. The first kappa shape index (κ1) is 13.3. The van der Waals surface area contributed by atoms with E-state index in [1.807, 2.05) is 0 Å². The third kappa shape index (κ3) is 2.75. The molecule has 4 heteroatoms. The van der Waals surface area contributed by atoms with E-state index in [0.717, 1.165) is 31.2 Å². The molecule has 106 valence electrons. The van der Waals surface area contributed by atoms with Gasteiger partial charge < -0.3 is 9.88 Å². The lowest BCUT2D eigenvalue weighted by atomic mass is 10.1. The van der Waals surface area contributed by atoms with Crippen LogP contribution in [0.3, 0.4) is 0 Å². The second-order valence-electron chi connectivity index (χ2n) is 5.65. The van der Waals surface area contributed by atoms with Gasteiger partial charge >= 0.3 is 0 Å². The van der Waals surface area contributed by atoms with Gasteiger partial charge in [-0.3, -0.25) is 0 Å². The second-order valence-corrected chi connectivity index (χ2v) is 5.65. The van der Waals surface area contributed by atoms with Crippen molar-refractivity contribution in [1.82, 2.24) is 20.1 Å². The lowest BCUT2D eigenvalue weighted by molar-refractivity contribution is 0.484. The molecule has 0 unspecified atom stereocenters. The third-order valence-corrected chi connectivity index (χ3v) is 4.08. The first-order chi connectivity index (χ1) is 9.74. The van der Waals surface area contributed by atoms with Gasteiger partial charge in [-0.1, -0.05) is 29.8 Å². The molecule has 2 aromatic rings. The molecule has 3 rings (SSSR count). The van der Waals surface area contributed by atoms with Crippen LogP contribution in [-0.2, 0) is 19.5 Å². The van der Waals surface area contributed by atoms with Crippen molar-refractivity contribution in [3.63, 3.8) is 0 Å². The Morgan fingerprint density at radius 1 is 1.20 bits per heavy atom. The number of nitrogens with zero attached hydrogens (tertiary/aromatic N) is 3. The number of hydrogen-bond acceptors (Lipinski definition) is 3. The molecule has 0 saturated carbocycles. The van der Waals surface area contributed by atoms with Crippen LogP contribution in [0.2, 0.25) is 0 Å². The smallest absolute Gasteiger partial charge is 0.147 e. The Balaban J connectivity index is 1.64. The minimum absolute atomic E-state index is 0.326. The zero-order valence-corrected chi connectivity index (χ0v) is 12.3. The van der Waals surface area contributed by atoms with E-state index in [0.29, 0.717) is 6.04 Å². The summed E-state index contributed by atoms with van der Waals surface area (Å²) in [5.74, 6) is 2.22. The zero-order valence-electron chi connectivity index (χ0n) is 12.3. The fourth-order valence-electron chi connectivity index (χ4n) is 2.72. The Morgan fingerprint density at radius 3 is 2.80 bits per heavy atom. The van der Waals surface area contributed by atoms with E-state index in [9.17, 15) is 0 Å². The van der Waals surface area contributed by atoms with Crippen molar-refractivity contribution >= 4 is 0 Å². The lowest BCUT2D eigenvalue weighted by Crippen LogP contribution is -2.22. The van der Waals surface area contributed by atoms with Gasteiger partial charge in [-0.15, -0.1) is 10.2 Å². The molecule has 1 aliphatic heterocycles. The summed E-state index contributed by atoms with van der Waals surface area (Å²) < 4.78 is 2.28. The highest BCUT2D eigenvalue weighted by atomic mass is 15.3.